The monoisotopic (exact) mass is 520 g/mol. The Morgan fingerprint density at radius 3 is 1.39 bits per heavy atom. The molecule has 0 aliphatic heterocycles. The van der Waals surface area contributed by atoms with Gasteiger partial charge in [-0.05, 0) is 12.8 Å². The normalized spacial score (nSPS) is 14.3. The van der Waals surface area contributed by atoms with Gasteiger partial charge in [-0.25, -0.2) is 0 Å². The van der Waals surface area contributed by atoms with E-state index in [1.165, 1.54) is 12.8 Å². The average molecular weight is 521 g/mol. The van der Waals surface area contributed by atoms with Gasteiger partial charge in [0.1, 0.15) is 0 Å². The predicted molar refractivity (Wildman–Crippen MR) is 136 cm³/mol. The van der Waals surface area contributed by atoms with Crippen molar-refractivity contribution in [1.29, 1.82) is 0 Å². The van der Waals surface area contributed by atoms with Crippen LogP contribution in [0.3, 0.4) is 0 Å². The SMILES string of the molecule is CCCCCCCCCCC(C(=O)O)C(CCCCCCCCCC)(C(=O)O)S(=O)(=O)O.[CaH2]. The summed E-state index contributed by atoms with van der Waals surface area (Å²) < 4.78 is 31.6. The van der Waals surface area contributed by atoms with Crippen LogP contribution < -0.4 is 0 Å². The first-order valence-corrected chi connectivity index (χ1v) is 14.0. The van der Waals surface area contributed by atoms with Gasteiger partial charge in [0.05, 0.1) is 5.92 Å². The number of hydrogen-bond acceptors (Lipinski definition) is 4. The molecule has 7 nitrogen and oxygen atoms in total. The van der Waals surface area contributed by atoms with Gasteiger partial charge < -0.3 is 10.2 Å². The molecule has 0 fully saturated rings. The molecule has 0 saturated carbocycles. The summed E-state index contributed by atoms with van der Waals surface area (Å²) in [6.07, 6.45) is 14.4. The molecule has 9 heteroatoms. The number of hydrogen-bond donors (Lipinski definition) is 3. The molecule has 0 bridgehead atoms. The molecule has 33 heavy (non-hydrogen) atoms. The van der Waals surface area contributed by atoms with Gasteiger partial charge in [0, 0.05) is 0 Å². The van der Waals surface area contributed by atoms with E-state index in [4.69, 9.17) is 0 Å². The van der Waals surface area contributed by atoms with Crippen molar-refractivity contribution < 1.29 is 32.8 Å². The maximum absolute atomic E-state index is 12.2. The fourth-order valence-corrected chi connectivity index (χ4v) is 5.61. The standard InChI is InChI=1S/C24H46O7S.Ca.2H/c1-3-5-7-9-11-13-15-17-19-21(22(25)26)24(23(27)28,32(29,30)31)20-18-16-14-12-10-8-6-4-2;;;/h21H,3-20H2,1-2H3,(H,25,26)(H,27,28)(H,29,30,31);;;. The first-order chi connectivity index (χ1) is 15.1. The molecule has 2 atom stereocenters. The van der Waals surface area contributed by atoms with Gasteiger partial charge in [-0.15, -0.1) is 0 Å². The van der Waals surface area contributed by atoms with Crippen LogP contribution in [0.4, 0.5) is 0 Å². The summed E-state index contributed by atoms with van der Waals surface area (Å²) in [5.74, 6) is -4.91. The summed E-state index contributed by atoms with van der Waals surface area (Å²) in [5, 5.41) is 19.5. The zero-order valence-electron chi connectivity index (χ0n) is 20.2. The summed E-state index contributed by atoms with van der Waals surface area (Å²) in [6, 6.07) is 0. The van der Waals surface area contributed by atoms with Gasteiger partial charge in [0.15, 0.2) is 0 Å². The van der Waals surface area contributed by atoms with E-state index >= 15 is 0 Å². The van der Waals surface area contributed by atoms with Crippen LogP contribution in [0.25, 0.3) is 0 Å². The Balaban J connectivity index is 0. The molecule has 0 aromatic rings. The Hall–Kier alpha value is 0.110. The summed E-state index contributed by atoms with van der Waals surface area (Å²) in [4.78, 5) is 24.0. The number of carboxylic acid groups (broad SMARTS) is 2. The topological polar surface area (TPSA) is 129 Å². The van der Waals surface area contributed by atoms with E-state index in [2.05, 4.69) is 13.8 Å². The molecule has 0 aliphatic rings. The Morgan fingerprint density at radius 2 is 1.06 bits per heavy atom. The van der Waals surface area contributed by atoms with Crippen LogP contribution in [0.15, 0.2) is 0 Å². The molecule has 194 valence electrons. The van der Waals surface area contributed by atoms with E-state index in [-0.39, 0.29) is 57.0 Å². The van der Waals surface area contributed by atoms with Gasteiger partial charge in [0.25, 0.3) is 10.1 Å². The number of carboxylic acids is 2. The van der Waals surface area contributed by atoms with Crippen molar-refractivity contribution in [1.82, 2.24) is 0 Å². The summed E-state index contributed by atoms with van der Waals surface area (Å²) in [5.41, 5.74) is 0. The van der Waals surface area contributed by atoms with E-state index in [1.807, 2.05) is 0 Å². The first-order valence-electron chi connectivity index (χ1n) is 12.6. The van der Waals surface area contributed by atoms with Crippen molar-refractivity contribution in [3.63, 3.8) is 0 Å². The Morgan fingerprint density at radius 1 is 0.697 bits per heavy atom. The van der Waals surface area contributed by atoms with Crippen LogP contribution >= 0.6 is 0 Å². The Bertz CT molecular complexity index is 624. The predicted octanol–water partition coefficient (Wildman–Crippen LogP) is 5.54. The molecule has 2 unspecified atom stereocenters. The number of aliphatic carboxylic acids is 2. The zero-order valence-corrected chi connectivity index (χ0v) is 21.0. The number of unbranched alkanes of at least 4 members (excludes halogenated alkanes) is 14. The molecular weight excluding hydrogens is 472 g/mol. The van der Waals surface area contributed by atoms with Crippen molar-refractivity contribution in [3.05, 3.63) is 0 Å². The molecule has 0 saturated heterocycles. The maximum atomic E-state index is 12.2. The molecular formula is C24H48CaO7S. The van der Waals surface area contributed by atoms with Gasteiger partial charge in [0.2, 0.25) is 4.75 Å². The Labute approximate surface area is 231 Å². The minimum absolute atomic E-state index is 0. The molecule has 0 amide bonds. The van der Waals surface area contributed by atoms with Crippen LogP contribution in [0.2, 0.25) is 0 Å². The van der Waals surface area contributed by atoms with Crippen LogP contribution in [0.1, 0.15) is 129 Å². The van der Waals surface area contributed by atoms with Crippen molar-refractivity contribution in [2.45, 2.75) is 134 Å². The van der Waals surface area contributed by atoms with Gasteiger partial charge >= 0.3 is 49.7 Å². The van der Waals surface area contributed by atoms with Crippen LogP contribution in [0, 0.1) is 5.92 Å². The number of rotatable bonds is 22. The third-order valence-corrected chi connectivity index (χ3v) is 8.02. The third kappa shape index (κ3) is 13.7. The van der Waals surface area contributed by atoms with E-state index in [9.17, 15) is 32.8 Å². The van der Waals surface area contributed by atoms with Gasteiger partial charge in [-0.1, -0.05) is 117 Å². The van der Waals surface area contributed by atoms with E-state index in [0.717, 1.165) is 70.6 Å². The zero-order chi connectivity index (χ0) is 24.5. The minimum atomic E-state index is -5.11. The van der Waals surface area contributed by atoms with Crippen LogP contribution in [0.5, 0.6) is 0 Å². The fourth-order valence-electron chi connectivity index (χ4n) is 4.41. The van der Waals surface area contributed by atoms with Crippen molar-refractivity contribution in [2.24, 2.45) is 5.92 Å². The van der Waals surface area contributed by atoms with E-state index in [1.54, 1.807) is 0 Å². The molecule has 3 N–H and O–H groups in total. The average Bonchev–Trinajstić information content (AvgIpc) is 2.71. The van der Waals surface area contributed by atoms with Crippen molar-refractivity contribution in [2.75, 3.05) is 0 Å². The molecule has 0 heterocycles. The first kappa shape index (κ1) is 35.3. The van der Waals surface area contributed by atoms with Crippen molar-refractivity contribution >= 4 is 59.8 Å². The van der Waals surface area contributed by atoms with Crippen LogP contribution in [-0.2, 0) is 19.7 Å². The molecule has 0 rings (SSSR count). The Kier molecular flexibility index (Phi) is 21.7. The summed E-state index contributed by atoms with van der Waals surface area (Å²) in [6.45, 7) is 4.27. The van der Waals surface area contributed by atoms with E-state index < -0.39 is 32.7 Å². The second-order valence-corrected chi connectivity index (χ2v) is 10.7. The second-order valence-electron chi connectivity index (χ2n) is 9.05. The molecule has 0 radical (unpaired) electrons. The second kappa shape index (κ2) is 20.3. The molecule has 0 aromatic carbocycles. The third-order valence-electron chi connectivity index (χ3n) is 6.43. The molecule has 0 aliphatic carbocycles. The van der Waals surface area contributed by atoms with E-state index in [0.29, 0.717) is 12.8 Å². The van der Waals surface area contributed by atoms with Crippen molar-refractivity contribution in [3.8, 4) is 0 Å². The van der Waals surface area contributed by atoms with Crippen LogP contribution in [-0.4, -0.2) is 77.6 Å². The molecule has 0 aromatic heterocycles. The summed E-state index contributed by atoms with van der Waals surface area (Å²) >= 11 is 0. The number of carbonyl (C=O) groups is 2. The quantitative estimate of drug-likeness (QED) is 0.0970. The summed E-state index contributed by atoms with van der Waals surface area (Å²) in [7, 11) is -5.11. The van der Waals surface area contributed by atoms with Gasteiger partial charge in [-0.3, -0.25) is 14.1 Å². The molecule has 0 spiro atoms. The van der Waals surface area contributed by atoms with Gasteiger partial charge in [-0.2, -0.15) is 8.42 Å². The fraction of sp³-hybridized carbons (Fsp3) is 0.917.